The van der Waals surface area contributed by atoms with Gasteiger partial charge in [0, 0.05) is 30.4 Å². The first-order chi connectivity index (χ1) is 9.33. The van der Waals surface area contributed by atoms with Crippen molar-refractivity contribution in [2.75, 3.05) is 11.4 Å². The van der Waals surface area contributed by atoms with Gasteiger partial charge in [-0.05, 0) is 56.6 Å². The third-order valence-corrected chi connectivity index (χ3v) is 4.70. The minimum absolute atomic E-state index is 0.614. The Balaban J connectivity index is 1.99. The van der Waals surface area contributed by atoms with E-state index in [1.54, 1.807) is 0 Å². The number of hydrogen-bond acceptors (Lipinski definition) is 3. The monoisotopic (exact) mass is 259 g/mol. The van der Waals surface area contributed by atoms with E-state index >= 15 is 0 Å². The quantitative estimate of drug-likeness (QED) is 0.907. The molecule has 1 aromatic rings. The predicted molar refractivity (Wildman–Crippen MR) is 79.4 cm³/mol. The van der Waals surface area contributed by atoms with Gasteiger partial charge in [-0.1, -0.05) is 6.92 Å². The minimum atomic E-state index is 0.614. The molecule has 0 spiro atoms. The summed E-state index contributed by atoms with van der Waals surface area (Å²) in [6, 6.07) is 3.00. The van der Waals surface area contributed by atoms with E-state index in [4.69, 9.17) is 10.7 Å². The van der Waals surface area contributed by atoms with Gasteiger partial charge in [-0.25, -0.2) is 4.98 Å². The van der Waals surface area contributed by atoms with Crippen LogP contribution in [0.15, 0.2) is 6.07 Å². The maximum absolute atomic E-state index is 5.97. The molecule has 1 atom stereocenters. The highest BCUT2D eigenvalue weighted by atomic mass is 15.2. The van der Waals surface area contributed by atoms with Crippen LogP contribution in [0.3, 0.4) is 0 Å². The molecule has 1 fully saturated rings. The van der Waals surface area contributed by atoms with Crippen molar-refractivity contribution in [3.63, 3.8) is 0 Å². The summed E-state index contributed by atoms with van der Waals surface area (Å²) in [5.74, 6) is 1.19. The van der Waals surface area contributed by atoms with Gasteiger partial charge >= 0.3 is 0 Å². The van der Waals surface area contributed by atoms with E-state index in [2.05, 4.69) is 17.9 Å². The summed E-state index contributed by atoms with van der Waals surface area (Å²) in [7, 11) is 0. The molecule has 104 valence electrons. The van der Waals surface area contributed by atoms with E-state index in [0.717, 1.165) is 13.0 Å². The summed E-state index contributed by atoms with van der Waals surface area (Å²) < 4.78 is 0. The number of pyridine rings is 1. The van der Waals surface area contributed by atoms with Gasteiger partial charge in [-0.2, -0.15) is 0 Å². The van der Waals surface area contributed by atoms with E-state index < -0.39 is 0 Å². The number of fused-ring (bicyclic) bond motifs is 1. The van der Waals surface area contributed by atoms with Gasteiger partial charge in [0.1, 0.15) is 5.82 Å². The van der Waals surface area contributed by atoms with Crippen molar-refractivity contribution in [2.24, 2.45) is 5.73 Å². The van der Waals surface area contributed by atoms with Crippen LogP contribution in [0.1, 0.15) is 55.8 Å². The van der Waals surface area contributed by atoms with Crippen LogP contribution in [0.5, 0.6) is 0 Å². The van der Waals surface area contributed by atoms with Crippen LogP contribution in [0.25, 0.3) is 0 Å². The van der Waals surface area contributed by atoms with Gasteiger partial charge in [-0.15, -0.1) is 0 Å². The Bertz CT molecular complexity index is 456. The molecule has 2 N–H and O–H groups in total. The van der Waals surface area contributed by atoms with Crippen molar-refractivity contribution in [3.05, 3.63) is 22.9 Å². The summed E-state index contributed by atoms with van der Waals surface area (Å²) in [5.41, 5.74) is 10.0. The number of aryl methyl sites for hydroxylation is 2. The van der Waals surface area contributed by atoms with Crippen molar-refractivity contribution in [2.45, 2.75) is 64.5 Å². The summed E-state index contributed by atoms with van der Waals surface area (Å²) in [5, 5.41) is 0. The van der Waals surface area contributed by atoms with Gasteiger partial charge in [0.25, 0.3) is 0 Å². The smallest absolute Gasteiger partial charge is 0.133 e. The van der Waals surface area contributed by atoms with Crippen LogP contribution < -0.4 is 10.6 Å². The normalized spacial score (nSPS) is 22.6. The molecule has 3 rings (SSSR count). The second-order valence-corrected chi connectivity index (χ2v) is 5.89. The molecule has 3 heteroatoms. The molecular weight excluding hydrogens is 234 g/mol. The highest BCUT2D eigenvalue weighted by molar-refractivity contribution is 5.52. The number of rotatable bonds is 3. The zero-order chi connectivity index (χ0) is 13.2. The summed E-state index contributed by atoms with van der Waals surface area (Å²) >= 11 is 0. The molecular formula is C16H25N3. The number of anilines is 1. The Hall–Kier alpha value is -1.09. The van der Waals surface area contributed by atoms with Crippen LogP contribution in [0, 0.1) is 0 Å². The lowest BCUT2D eigenvalue weighted by Crippen LogP contribution is -2.31. The van der Waals surface area contributed by atoms with Crippen LogP contribution in [0.2, 0.25) is 0 Å². The fourth-order valence-corrected chi connectivity index (χ4v) is 3.61. The zero-order valence-corrected chi connectivity index (χ0v) is 12.0. The predicted octanol–water partition coefficient (Wildman–Crippen LogP) is 2.80. The molecule has 1 unspecified atom stereocenters. The van der Waals surface area contributed by atoms with Gasteiger partial charge in [0.05, 0.1) is 0 Å². The molecule has 1 saturated heterocycles. The van der Waals surface area contributed by atoms with Crippen molar-refractivity contribution < 1.29 is 0 Å². The fourth-order valence-electron chi connectivity index (χ4n) is 3.61. The topological polar surface area (TPSA) is 42.2 Å². The number of nitrogens with two attached hydrogens (primary N) is 1. The van der Waals surface area contributed by atoms with Gasteiger partial charge in [0.15, 0.2) is 0 Å². The van der Waals surface area contributed by atoms with Crippen LogP contribution >= 0.6 is 0 Å². The first-order valence-corrected chi connectivity index (χ1v) is 7.82. The lowest BCUT2D eigenvalue weighted by molar-refractivity contribution is 0.628. The summed E-state index contributed by atoms with van der Waals surface area (Å²) in [4.78, 5) is 7.52. The van der Waals surface area contributed by atoms with E-state index in [1.165, 1.54) is 61.2 Å². The minimum Gasteiger partial charge on any atom is -0.353 e. The van der Waals surface area contributed by atoms with Crippen molar-refractivity contribution in [1.29, 1.82) is 0 Å². The second kappa shape index (κ2) is 5.49. The van der Waals surface area contributed by atoms with Crippen LogP contribution in [-0.4, -0.2) is 17.6 Å². The highest BCUT2D eigenvalue weighted by Gasteiger charge is 2.27. The molecule has 2 heterocycles. The molecule has 0 saturated carbocycles. The maximum atomic E-state index is 5.97. The molecule has 0 bridgehead atoms. The molecule has 19 heavy (non-hydrogen) atoms. The third kappa shape index (κ3) is 2.36. The molecule has 0 amide bonds. The van der Waals surface area contributed by atoms with Gasteiger partial charge < -0.3 is 10.6 Å². The largest absolute Gasteiger partial charge is 0.353 e. The second-order valence-electron chi connectivity index (χ2n) is 5.89. The third-order valence-electron chi connectivity index (χ3n) is 4.70. The standard InChI is InChI=1S/C16H25N3/c1-2-14-7-5-9-19(14)16-13(11-17)10-12-6-3-4-8-15(12)18-16/h10,14H,2-9,11,17H2,1H3. The zero-order valence-electron chi connectivity index (χ0n) is 12.0. The highest BCUT2D eigenvalue weighted by Crippen LogP contribution is 2.31. The van der Waals surface area contributed by atoms with Gasteiger partial charge in [-0.3, -0.25) is 0 Å². The van der Waals surface area contributed by atoms with Gasteiger partial charge in [0.2, 0.25) is 0 Å². The summed E-state index contributed by atoms with van der Waals surface area (Å²) in [6.45, 7) is 4.04. The lowest BCUT2D eigenvalue weighted by Gasteiger charge is -2.29. The molecule has 0 aromatic carbocycles. The van der Waals surface area contributed by atoms with Crippen molar-refractivity contribution in [3.8, 4) is 0 Å². The molecule has 1 aliphatic heterocycles. The van der Waals surface area contributed by atoms with Crippen LogP contribution in [-0.2, 0) is 19.4 Å². The Morgan fingerprint density at radius 3 is 2.95 bits per heavy atom. The first kappa shape index (κ1) is 12.9. The number of hydrogen-bond donors (Lipinski definition) is 1. The van der Waals surface area contributed by atoms with Crippen LogP contribution in [0.4, 0.5) is 5.82 Å². The Labute approximate surface area is 116 Å². The molecule has 0 radical (unpaired) electrons. The van der Waals surface area contributed by atoms with E-state index in [-0.39, 0.29) is 0 Å². The Morgan fingerprint density at radius 1 is 1.32 bits per heavy atom. The first-order valence-electron chi connectivity index (χ1n) is 7.82. The van der Waals surface area contributed by atoms with E-state index in [0.29, 0.717) is 12.6 Å². The average Bonchev–Trinajstić information content (AvgIpc) is 2.94. The van der Waals surface area contributed by atoms with E-state index in [1.807, 2.05) is 0 Å². The summed E-state index contributed by atoms with van der Waals surface area (Å²) in [6.07, 6.45) is 8.74. The fraction of sp³-hybridized carbons (Fsp3) is 0.688. The Morgan fingerprint density at radius 2 is 2.16 bits per heavy atom. The average molecular weight is 259 g/mol. The number of nitrogens with zero attached hydrogens (tertiary/aromatic N) is 2. The Kier molecular flexibility index (Phi) is 3.74. The molecule has 1 aliphatic carbocycles. The lowest BCUT2D eigenvalue weighted by atomic mass is 9.94. The molecule has 2 aliphatic rings. The van der Waals surface area contributed by atoms with Crippen molar-refractivity contribution >= 4 is 5.82 Å². The molecule has 1 aromatic heterocycles. The van der Waals surface area contributed by atoms with E-state index in [9.17, 15) is 0 Å². The SMILES string of the molecule is CCC1CCCN1c1nc2c(cc1CN)CCCC2. The number of aromatic nitrogens is 1. The van der Waals surface area contributed by atoms with Crippen molar-refractivity contribution in [1.82, 2.24) is 4.98 Å². The maximum Gasteiger partial charge on any atom is 0.133 e. The molecule has 3 nitrogen and oxygen atoms in total.